The maximum Gasteiger partial charge on any atom is 0.226 e. The van der Waals surface area contributed by atoms with E-state index in [-0.39, 0.29) is 5.24 Å². The molecule has 1 aromatic carbocycles. The number of aryl methyl sites for hydroxylation is 1. The van der Waals surface area contributed by atoms with Crippen molar-refractivity contribution in [3.63, 3.8) is 0 Å². The maximum atomic E-state index is 10.8. The molecule has 0 aliphatic heterocycles. The largest absolute Gasteiger partial charge is 0.281 e. The average Bonchev–Trinajstić information content (AvgIpc) is 2.44. The highest BCUT2D eigenvalue weighted by Gasteiger charge is 2.09. The van der Waals surface area contributed by atoms with Gasteiger partial charge in [0.15, 0.2) is 0 Å². The molecule has 0 aliphatic rings. The molecular weight excluding hydrogens is 216 g/mol. The van der Waals surface area contributed by atoms with Crippen LogP contribution in [0.2, 0.25) is 0 Å². The fourth-order valence-electron chi connectivity index (χ4n) is 1.52. The van der Waals surface area contributed by atoms with Crippen LogP contribution in [0.15, 0.2) is 24.3 Å². The zero-order valence-corrected chi connectivity index (χ0v) is 9.28. The van der Waals surface area contributed by atoms with Crippen LogP contribution in [0.5, 0.6) is 0 Å². The molecule has 0 radical (unpaired) electrons. The number of hydrogen-bond acceptors (Lipinski definition) is 2. The second-order valence-corrected chi connectivity index (χ2v) is 4.74. The van der Waals surface area contributed by atoms with E-state index in [0.29, 0.717) is 6.42 Å². The fraction of sp³-hybridized carbons (Fsp3) is 0.182. The highest BCUT2D eigenvalue weighted by atomic mass is 35.5. The Morgan fingerprint density at radius 1 is 1.43 bits per heavy atom. The summed E-state index contributed by atoms with van der Waals surface area (Å²) >= 11 is 7.03. The van der Waals surface area contributed by atoms with Gasteiger partial charge in [0.2, 0.25) is 5.24 Å². The van der Waals surface area contributed by atoms with E-state index >= 15 is 0 Å². The Morgan fingerprint density at radius 2 is 2.14 bits per heavy atom. The first-order chi connectivity index (χ1) is 6.68. The van der Waals surface area contributed by atoms with Crippen molar-refractivity contribution in [3.8, 4) is 0 Å². The van der Waals surface area contributed by atoms with Crippen molar-refractivity contribution < 1.29 is 4.79 Å². The van der Waals surface area contributed by atoms with E-state index in [9.17, 15) is 4.79 Å². The third-order valence-corrected chi connectivity index (χ3v) is 3.65. The summed E-state index contributed by atoms with van der Waals surface area (Å²) in [6.07, 6.45) is 0.340. The van der Waals surface area contributed by atoms with Gasteiger partial charge in [-0.2, -0.15) is 0 Å². The van der Waals surface area contributed by atoms with Gasteiger partial charge in [0.05, 0.1) is 6.42 Å². The molecule has 1 aromatic heterocycles. The number of carbonyl (C=O) groups excluding carboxylic acids is 1. The minimum Gasteiger partial charge on any atom is -0.281 e. The van der Waals surface area contributed by atoms with Crippen LogP contribution in [0.25, 0.3) is 10.1 Å². The van der Waals surface area contributed by atoms with Crippen LogP contribution in [-0.4, -0.2) is 5.24 Å². The SMILES string of the molecule is Cc1c(CC(=O)Cl)sc2ccccc12. The molecule has 0 aliphatic carbocycles. The van der Waals surface area contributed by atoms with E-state index in [1.165, 1.54) is 15.6 Å². The van der Waals surface area contributed by atoms with Crippen LogP contribution < -0.4 is 0 Å². The molecule has 14 heavy (non-hydrogen) atoms. The van der Waals surface area contributed by atoms with Crippen LogP contribution >= 0.6 is 22.9 Å². The Morgan fingerprint density at radius 3 is 2.79 bits per heavy atom. The number of carbonyl (C=O) groups is 1. The Kier molecular flexibility index (Phi) is 2.57. The first kappa shape index (κ1) is 9.69. The molecule has 0 spiro atoms. The van der Waals surface area contributed by atoms with Crippen LogP contribution in [0.3, 0.4) is 0 Å². The Labute approximate surface area is 91.3 Å². The fourth-order valence-corrected chi connectivity index (χ4v) is 2.94. The summed E-state index contributed by atoms with van der Waals surface area (Å²) in [6.45, 7) is 2.04. The molecule has 0 atom stereocenters. The summed E-state index contributed by atoms with van der Waals surface area (Å²) in [4.78, 5) is 11.9. The predicted octanol–water partition coefficient (Wildman–Crippen LogP) is 3.52. The Bertz CT molecular complexity index is 487. The van der Waals surface area contributed by atoms with Crippen molar-refractivity contribution in [1.29, 1.82) is 0 Å². The highest BCUT2D eigenvalue weighted by molar-refractivity contribution is 7.19. The summed E-state index contributed by atoms with van der Waals surface area (Å²) in [5.41, 5.74) is 1.18. The average molecular weight is 225 g/mol. The summed E-state index contributed by atoms with van der Waals surface area (Å²) in [7, 11) is 0. The number of hydrogen-bond donors (Lipinski definition) is 0. The lowest BCUT2D eigenvalue weighted by atomic mass is 10.1. The predicted molar refractivity (Wildman–Crippen MR) is 61.1 cm³/mol. The molecule has 2 rings (SSSR count). The first-order valence-corrected chi connectivity index (χ1v) is 5.53. The van der Waals surface area contributed by atoms with Gasteiger partial charge in [0, 0.05) is 9.58 Å². The van der Waals surface area contributed by atoms with Gasteiger partial charge in [-0.1, -0.05) is 18.2 Å². The number of thiophene rings is 1. The van der Waals surface area contributed by atoms with Crippen molar-refractivity contribution in [2.45, 2.75) is 13.3 Å². The van der Waals surface area contributed by atoms with Crippen molar-refractivity contribution >= 4 is 38.3 Å². The summed E-state index contributed by atoms with van der Waals surface area (Å²) < 4.78 is 1.22. The van der Waals surface area contributed by atoms with E-state index < -0.39 is 0 Å². The van der Waals surface area contributed by atoms with Crippen LogP contribution in [0.1, 0.15) is 10.4 Å². The van der Waals surface area contributed by atoms with E-state index in [2.05, 4.69) is 12.1 Å². The number of rotatable bonds is 2. The van der Waals surface area contributed by atoms with E-state index in [0.717, 1.165) is 4.88 Å². The number of fused-ring (bicyclic) bond motifs is 1. The quantitative estimate of drug-likeness (QED) is 0.714. The molecule has 2 aromatic rings. The summed E-state index contributed by atoms with van der Waals surface area (Å²) in [5.74, 6) is 0. The molecule has 72 valence electrons. The molecule has 3 heteroatoms. The minimum atomic E-state index is -0.292. The zero-order valence-electron chi connectivity index (χ0n) is 7.71. The minimum absolute atomic E-state index is 0.292. The monoisotopic (exact) mass is 224 g/mol. The van der Waals surface area contributed by atoms with Gasteiger partial charge < -0.3 is 0 Å². The lowest BCUT2D eigenvalue weighted by molar-refractivity contribution is -0.111. The molecule has 0 fully saturated rings. The molecule has 0 saturated heterocycles. The second-order valence-electron chi connectivity index (χ2n) is 3.18. The summed E-state index contributed by atoms with van der Waals surface area (Å²) in [6, 6.07) is 8.15. The van der Waals surface area contributed by atoms with Crippen LogP contribution in [-0.2, 0) is 11.2 Å². The lowest BCUT2D eigenvalue weighted by Gasteiger charge is -1.92. The molecule has 0 N–H and O–H groups in total. The van der Waals surface area contributed by atoms with Gasteiger partial charge >= 0.3 is 0 Å². The highest BCUT2D eigenvalue weighted by Crippen LogP contribution is 2.30. The lowest BCUT2D eigenvalue weighted by Crippen LogP contribution is -1.91. The molecule has 0 amide bonds. The van der Waals surface area contributed by atoms with Gasteiger partial charge in [-0.3, -0.25) is 4.79 Å². The zero-order chi connectivity index (χ0) is 10.1. The molecular formula is C11H9ClOS. The van der Waals surface area contributed by atoms with E-state index in [1.54, 1.807) is 11.3 Å². The molecule has 1 heterocycles. The van der Waals surface area contributed by atoms with Gasteiger partial charge in [0.1, 0.15) is 0 Å². The summed E-state index contributed by atoms with van der Waals surface area (Å²) in [5, 5.41) is 0.935. The van der Waals surface area contributed by atoms with Gasteiger partial charge in [0.25, 0.3) is 0 Å². The molecule has 0 saturated carbocycles. The number of halogens is 1. The normalized spacial score (nSPS) is 10.7. The van der Waals surface area contributed by atoms with Gasteiger partial charge in [-0.25, -0.2) is 0 Å². The second kappa shape index (κ2) is 3.71. The molecule has 1 nitrogen and oxygen atoms in total. The van der Waals surface area contributed by atoms with E-state index in [1.807, 2.05) is 19.1 Å². The third-order valence-electron chi connectivity index (χ3n) is 2.24. The smallest absolute Gasteiger partial charge is 0.226 e. The first-order valence-electron chi connectivity index (χ1n) is 4.34. The Balaban J connectivity index is 2.57. The van der Waals surface area contributed by atoms with Gasteiger partial charge in [-0.15, -0.1) is 11.3 Å². The molecule has 0 bridgehead atoms. The van der Waals surface area contributed by atoms with Crippen LogP contribution in [0.4, 0.5) is 0 Å². The van der Waals surface area contributed by atoms with Crippen molar-refractivity contribution in [3.05, 3.63) is 34.7 Å². The number of benzene rings is 1. The molecule has 0 unspecified atom stereocenters. The van der Waals surface area contributed by atoms with E-state index in [4.69, 9.17) is 11.6 Å². The van der Waals surface area contributed by atoms with Crippen molar-refractivity contribution in [1.82, 2.24) is 0 Å². The van der Waals surface area contributed by atoms with Crippen molar-refractivity contribution in [2.75, 3.05) is 0 Å². The standard InChI is InChI=1S/C11H9ClOS/c1-7-8-4-2-3-5-9(8)14-10(7)6-11(12)13/h2-5H,6H2,1H3. The van der Waals surface area contributed by atoms with Gasteiger partial charge in [-0.05, 0) is 35.5 Å². The Hall–Kier alpha value is -0.860. The van der Waals surface area contributed by atoms with Crippen molar-refractivity contribution in [2.24, 2.45) is 0 Å². The topological polar surface area (TPSA) is 17.1 Å². The maximum absolute atomic E-state index is 10.8. The third kappa shape index (κ3) is 1.68. The van der Waals surface area contributed by atoms with Crippen LogP contribution in [0, 0.1) is 6.92 Å².